The van der Waals surface area contributed by atoms with E-state index < -0.39 is 11.8 Å². The summed E-state index contributed by atoms with van der Waals surface area (Å²) in [7, 11) is 3.06. The second kappa shape index (κ2) is 15.0. The molecule has 2 N–H and O–H groups in total. The summed E-state index contributed by atoms with van der Waals surface area (Å²) in [5.41, 5.74) is 1.53. The molecule has 0 aliphatic rings. The first kappa shape index (κ1) is 29.1. The van der Waals surface area contributed by atoms with Gasteiger partial charge in [0.15, 0.2) is 0 Å². The van der Waals surface area contributed by atoms with Crippen LogP contribution in [0.3, 0.4) is 0 Å². The average molecular weight is 547 g/mol. The van der Waals surface area contributed by atoms with E-state index in [1.807, 2.05) is 12.1 Å². The fraction of sp³-hybridized carbons (Fsp3) is 0.167. The Morgan fingerprint density at radius 2 is 1.67 bits per heavy atom. The van der Waals surface area contributed by atoms with Crippen molar-refractivity contribution in [3.8, 4) is 11.5 Å². The van der Waals surface area contributed by atoms with E-state index in [9.17, 15) is 14.4 Å². The molecule has 3 rings (SSSR count). The molecule has 0 aliphatic carbocycles. The van der Waals surface area contributed by atoms with Crippen molar-refractivity contribution in [3.63, 3.8) is 0 Å². The summed E-state index contributed by atoms with van der Waals surface area (Å²) in [4.78, 5) is 38.6. The molecule has 3 aromatic rings. The van der Waals surface area contributed by atoms with Crippen LogP contribution in [-0.2, 0) is 14.3 Å². The average Bonchev–Trinajstić information content (AvgIpc) is 2.96. The highest BCUT2D eigenvalue weighted by Crippen LogP contribution is 2.26. The molecule has 0 unspecified atom stereocenters. The number of carbonyl (C=O) groups excluding carboxylic acids is 3. The zero-order valence-electron chi connectivity index (χ0n) is 21.9. The van der Waals surface area contributed by atoms with Crippen LogP contribution in [0.5, 0.6) is 11.5 Å². The van der Waals surface area contributed by atoms with Crippen LogP contribution in [0.4, 0.5) is 5.69 Å². The molecule has 0 aliphatic heterocycles. The Bertz CT molecular complexity index is 1340. The number of benzene rings is 3. The topological polar surface area (TPSA) is 103 Å². The van der Waals surface area contributed by atoms with Gasteiger partial charge in [0.05, 0.1) is 20.8 Å². The van der Waals surface area contributed by atoms with Crippen LogP contribution < -0.4 is 20.1 Å². The molecule has 0 fully saturated rings. The van der Waals surface area contributed by atoms with Crippen LogP contribution in [0.2, 0.25) is 0 Å². The summed E-state index contributed by atoms with van der Waals surface area (Å²) < 4.78 is 15.6. The summed E-state index contributed by atoms with van der Waals surface area (Å²) in [6.45, 7) is 2.09. The molecule has 202 valence electrons. The molecule has 0 aromatic heterocycles. The van der Waals surface area contributed by atoms with E-state index in [-0.39, 0.29) is 11.7 Å². The Morgan fingerprint density at radius 3 is 2.33 bits per heavy atom. The van der Waals surface area contributed by atoms with Crippen LogP contribution in [0, 0.1) is 0 Å². The highest BCUT2D eigenvalue weighted by Gasteiger charge is 2.16. The van der Waals surface area contributed by atoms with Gasteiger partial charge < -0.3 is 24.8 Å². The van der Waals surface area contributed by atoms with Gasteiger partial charge in [-0.25, -0.2) is 4.79 Å². The molecule has 0 saturated carbocycles. The molecule has 9 heteroatoms. The fourth-order valence-corrected chi connectivity index (χ4v) is 4.08. The van der Waals surface area contributed by atoms with Gasteiger partial charge in [-0.1, -0.05) is 24.3 Å². The highest BCUT2D eigenvalue weighted by molar-refractivity contribution is 7.99. The number of esters is 1. The Kier molecular flexibility index (Phi) is 11.2. The highest BCUT2D eigenvalue weighted by atomic mass is 32.2. The molecule has 0 spiro atoms. The zero-order valence-corrected chi connectivity index (χ0v) is 22.7. The third-order valence-electron chi connectivity index (χ3n) is 5.26. The van der Waals surface area contributed by atoms with Gasteiger partial charge in [0.2, 0.25) is 0 Å². The van der Waals surface area contributed by atoms with Gasteiger partial charge in [0.1, 0.15) is 17.2 Å². The van der Waals surface area contributed by atoms with Crippen molar-refractivity contribution in [2.24, 2.45) is 0 Å². The quantitative estimate of drug-likeness (QED) is 0.180. The van der Waals surface area contributed by atoms with Gasteiger partial charge in [-0.05, 0) is 67.6 Å². The minimum Gasteiger partial charge on any atom is -0.497 e. The zero-order chi connectivity index (χ0) is 28.0. The Morgan fingerprint density at radius 1 is 0.923 bits per heavy atom. The molecule has 39 heavy (non-hydrogen) atoms. The maximum Gasteiger partial charge on any atom is 0.330 e. The van der Waals surface area contributed by atoms with Gasteiger partial charge in [-0.3, -0.25) is 9.59 Å². The summed E-state index contributed by atoms with van der Waals surface area (Å²) in [6, 6.07) is 21.0. The number of ether oxygens (including phenoxy) is 3. The lowest BCUT2D eigenvalue weighted by Gasteiger charge is -2.13. The van der Waals surface area contributed by atoms with Gasteiger partial charge in [0, 0.05) is 33.5 Å². The van der Waals surface area contributed by atoms with Crippen molar-refractivity contribution in [1.82, 2.24) is 5.32 Å². The standard InChI is InChI=1S/C30H30N2O6S/c1-4-38-28(33)11-8-18-39-25-15-12-23(13-16-25)31-30(35)26(32-29(34)21-9-6-5-7-10-21)20-22-19-24(36-2)14-17-27(22)37-3/h5-17,19-20H,4,18H2,1-3H3,(H,31,35)(H,32,34)/b11-8+,26-20-. The van der Waals surface area contributed by atoms with Crippen LogP contribution in [0.15, 0.2) is 95.5 Å². The lowest BCUT2D eigenvalue weighted by molar-refractivity contribution is -0.137. The van der Waals surface area contributed by atoms with Crippen LogP contribution >= 0.6 is 11.8 Å². The number of anilines is 1. The van der Waals surface area contributed by atoms with E-state index in [0.29, 0.717) is 40.7 Å². The lowest BCUT2D eigenvalue weighted by atomic mass is 10.1. The fourth-order valence-electron chi connectivity index (χ4n) is 3.36. The first-order valence-corrected chi connectivity index (χ1v) is 13.1. The van der Waals surface area contributed by atoms with Crippen LogP contribution in [-0.4, -0.2) is 44.4 Å². The summed E-state index contributed by atoms with van der Waals surface area (Å²) in [6.07, 6.45) is 4.68. The molecule has 3 aromatic carbocycles. The molecule has 8 nitrogen and oxygen atoms in total. The molecule has 0 heterocycles. The number of methoxy groups -OCH3 is 2. The van der Waals surface area contributed by atoms with Crippen molar-refractivity contribution in [2.45, 2.75) is 11.8 Å². The van der Waals surface area contributed by atoms with Crippen molar-refractivity contribution in [2.75, 3.05) is 31.9 Å². The molecule has 2 amide bonds. The number of amides is 2. The second-order valence-corrected chi connectivity index (χ2v) is 9.02. The first-order valence-electron chi connectivity index (χ1n) is 12.1. The van der Waals surface area contributed by atoms with Crippen molar-refractivity contribution in [3.05, 3.63) is 102 Å². The minimum atomic E-state index is -0.512. The van der Waals surface area contributed by atoms with Crippen molar-refractivity contribution in [1.29, 1.82) is 0 Å². The summed E-state index contributed by atoms with van der Waals surface area (Å²) in [5, 5.41) is 5.55. The number of carbonyl (C=O) groups is 3. The molecular weight excluding hydrogens is 516 g/mol. The van der Waals surface area contributed by atoms with E-state index in [1.54, 1.807) is 80.8 Å². The first-order chi connectivity index (χ1) is 18.9. The van der Waals surface area contributed by atoms with Crippen molar-refractivity contribution >= 4 is 41.3 Å². The minimum absolute atomic E-state index is 0.0259. The SMILES string of the molecule is CCOC(=O)/C=C/CSc1ccc(NC(=O)/C(=C/c2cc(OC)ccc2OC)NC(=O)c2ccccc2)cc1. The molecule has 0 atom stereocenters. The van der Waals surface area contributed by atoms with Gasteiger partial charge in [-0.15, -0.1) is 11.8 Å². The third-order valence-corrected chi connectivity index (χ3v) is 6.23. The van der Waals surface area contributed by atoms with Gasteiger partial charge in [-0.2, -0.15) is 0 Å². The number of hydrogen-bond acceptors (Lipinski definition) is 7. The normalized spacial score (nSPS) is 11.1. The Labute approximate surface area is 232 Å². The number of rotatable bonds is 12. The van der Waals surface area contributed by atoms with Crippen LogP contribution in [0.1, 0.15) is 22.8 Å². The third kappa shape index (κ3) is 9.08. The molecular formula is C30H30N2O6S. The molecule has 0 bridgehead atoms. The number of nitrogens with one attached hydrogen (secondary N) is 2. The predicted molar refractivity (Wildman–Crippen MR) is 153 cm³/mol. The van der Waals surface area contributed by atoms with E-state index in [0.717, 1.165) is 4.90 Å². The van der Waals surface area contributed by atoms with Gasteiger partial charge in [0.25, 0.3) is 11.8 Å². The summed E-state index contributed by atoms with van der Waals surface area (Å²) in [5.74, 6) is 0.356. The van der Waals surface area contributed by atoms with Crippen LogP contribution in [0.25, 0.3) is 6.08 Å². The largest absolute Gasteiger partial charge is 0.497 e. The van der Waals surface area contributed by atoms with E-state index >= 15 is 0 Å². The Balaban J connectivity index is 1.78. The van der Waals surface area contributed by atoms with Crippen molar-refractivity contribution < 1.29 is 28.6 Å². The lowest BCUT2D eigenvalue weighted by Crippen LogP contribution is -2.30. The van der Waals surface area contributed by atoms with E-state index in [2.05, 4.69) is 10.6 Å². The molecule has 0 saturated heterocycles. The summed E-state index contributed by atoms with van der Waals surface area (Å²) >= 11 is 1.53. The second-order valence-electron chi connectivity index (χ2n) is 7.93. The smallest absolute Gasteiger partial charge is 0.330 e. The van der Waals surface area contributed by atoms with E-state index in [4.69, 9.17) is 14.2 Å². The van der Waals surface area contributed by atoms with E-state index in [1.165, 1.54) is 31.0 Å². The maximum absolute atomic E-state index is 13.3. The molecule has 0 radical (unpaired) electrons. The monoisotopic (exact) mass is 546 g/mol. The predicted octanol–water partition coefficient (Wildman–Crippen LogP) is 5.32. The maximum atomic E-state index is 13.3. The Hall–Kier alpha value is -4.50. The van der Waals surface area contributed by atoms with Gasteiger partial charge >= 0.3 is 5.97 Å². The number of hydrogen-bond donors (Lipinski definition) is 2. The number of thioether (sulfide) groups is 1.